The first-order valence-corrected chi connectivity index (χ1v) is 13.5. The van der Waals surface area contributed by atoms with E-state index in [0.29, 0.717) is 25.0 Å². The minimum atomic E-state index is -0.243. The van der Waals surface area contributed by atoms with E-state index in [1.165, 1.54) is 13.0 Å². The molecule has 2 heterocycles. The van der Waals surface area contributed by atoms with Crippen molar-refractivity contribution in [1.82, 2.24) is 14.7 Å². The van der Waals surface area contributed by atoms with Gasteiger partial charge in [-0.3, -0.25) is 9.48 Å². The molecular formula is C28H36BrN3O3. The number of rotatable bonds is 10. The zero-order valence-corrected chi connectivity index (χ0v) is 22.6. The van der Waals surface area contributed by atoms with Gasteiger partial charge in [0.1, 0.15) is 12.4 Å². The number of esters is 1. The number of carbonyl (C=O) groups excluding carboxylic acids is 1. The molecule has 2 aromatic carbocycles. The Kier molecular flexibility index (Phi) is 8.84. The maximum Gasteiger partial charge on any atom is 0.310 e. The van der Waals surface area contributed by atoms with E-state index < -0.39 is 0 Å². The zero-order valence-electron chi connectivity index (χ0n) is 21.0. The Hall–Kier alpha value is -2.38. The van der Waals surface area contributed by atoms with E-state index in [2.05, 4.69) is 51.5 Å². The third-order valence-corrected chi connectivity index (χ3v) is 7.16. The van der Waals surface area contributed by atoms with Crippen molar-refractivity contribution in [3.8, 4) is 5.75 Å². The van der Waals surface area contributed by atoms with E-state index in [1.54, 1.807) is 0 Å². The van der Waals surface area contributed by atoms with Crippen LogP contribution in [-0.2, 0) is 22.6 Å². The van der Waals surface area contributed by atoms with Crippen LogP contribution in [0, 0.1) is 5.92 Å². The third-order valence-electron chi connectivity index (χ3n) is 6.66. The fourth-order valence-corrected chi connectivity index (χ4v) is 5.07. The number of aromatic nitrogens is 2. The van der Waals surface area contributed by atoms with Crippen molar-refractivity contribution in [3.63, 3.8) is 0 Å². The lowest BCUT2D eigenvalue weighted by molar-refractivity contribution is -0.142. The SMILES string of the molecule is CCOC(=O)Cc1ccccc1OCc1c2cc(Br)ccc2nn1C1CCN(CCC(C)C)CC1. The highest BCUT2D eigenvalue weighted by atomic mass is 79.9. The van der Waals surface area contributed by atoms with Crippen molar-refractivity contribution in [2.45, 2.75) is 59.1 Å². The molecule has 1 aromatic heterocycles. The summed E-state index contributed by atoms with van der Waals surface area (Å²) in [7, 11) is 0. The predicted molar refractivity (Wildman–Crippen MR) is 143 cm³/mol. The first-order valence-electron chi connectivity index (χ1n) is 12.7. The molecule has 35 heavy (non-hydrogen) atoms. The van der Waals surface area contributed by atoms with E-state index in [1.807, 2.05) is 37.3 Å². The van der Waals surface area contributed by atoms with Crippen LogP contribution < -0.4 is 4.74 Å². The monoisotopic (exact) mass is 541 g/mol. The van der Waals surface area contributed by atoms with Gasteiger partial charge in [-0.2, -0.15) is 5.10 Å². The van der Waals surface area contributed by atoms with Gasteiger partial charge in [0.05, 0.1) is 30.3 Å². The fraction of sp³-hybridized carbons (Fsp3) is 0.500. The number of ether oxygens (including phenoxy) is 2. The van der Waals surface area contributed by atoms with Crippen LogP contribution in [0.15, 0.2) is 46.9 Å². The van der Waals surface area contributed by atoms with Gasteiger partial charge in [-0.1, -0.05) is 48.0 Å². The molecule has 0 N–H and O–H groups in total. The van der Waals surface area contributed by atoms with Crippen LogP contribution in [0.1, 0.15) is 57.3 Å². The summed E-state index contributed by atoms with van der Waals surface area (Å²) in [6.07, 6.45) is 3.61. The Bertz CT molecular complexity index is 1140. The van der Waals surface area contributed by atoms with Crippen LogP contribution in [0.3, 0.4) is 0 Å². The highest BCUT2D eigenvalue weighted by Crippen LogP contribution is 2.31. The van der Waals surface area contributed by atoms with Crippen LogP contribution in [0.4, 0.5) is 0 Å². The van der Waals surface area contributed by atoms with Gasteiger partial charge in [-0.15, -0.1) is 0 Å². The number of hydrogen-bond acceptors (Lipinski definition) is 5. The molecule has 0 radical (unpaired) electrons. The molecule has 0 bridgehead atoms. The second kappa shape index (κ2) is 12.0. The molecule has 0 amide bonds. The number of para-hydroxylation sites is 1. The molecule has 1 saturated heterocycles. The number of nitrogens with zero attached hydrogens (tertiary/aromatic N) is 3. The number of carbonyl (C=O) groups is 1. The van der Waals surface area contributed by atoms with Gasteiger partial charge in [-0.25, -0.2) is 0 Å². The molecule has 0 atom stereocenters. The summed E-state index contributed by atoms with van der Waals surface area (Å²) in [6.45, 7) is 10.5. The molecule has 0 unspecified atom stereocenters. The van der Waals surface area contributed by atoms with E-state index in [9.17, 15) is 4.79 Å². The van der Waals surface area contributed by atoms with Crippen LogP contribution in [0.2, 0.25) is 0 Å². The van der Waals surface area contributed by atoms with Crippen molar-refractivity contribution in [2.75, 3.05) is 26.2 Å². The number of piperidine rings is 1. The van der Waals surface area contributed by atoms with Crippen LogP contribution in [0.25, 0.3) is 10.9 Å². The normalized spacial score (nSPS) is 15.1. The average molecular weight is 543 g/mol. The van der Waals surface area contributed by atoms with E-state index in [-0.39, 0.29) is 12.4 Å². The molecule has 1 fully saturated rings. The van der Waals surface area contributed by atoms with Crippen LogP contribution in [0.5, 0.6) is 5.75 Å². The minimum Gasteiger partial charge on any atom is -0.487 e. The van der Waals surface area contributed by atoms with Crippen LogP contribution in [-0.4, -0.2) is 46.9 Å². The first kappa shape index (κ1) is 25.7. The van der Waals surface area contributed by atoms with Crippen molar-refractivity contribution in [2.24, 2.45) is 5.92 Å². The number of halogens is 1. The zero-order chi connectivity index (χ0) is 24.8. The summed E-state index contributed by atoms with van der Waals surface area (Å²) in [6, 6.07) is 14.3. The van der Waals surface area contributed by atoms with Crippen LogP contribution >= 0.6 is 15.9 Å². The third kappa shape index (κ3) is 6.64. The predicted octanol–water partition coefficient (Wildman–Crippen LogP) is 6.17. The molecule has 6 nitrogen and oxygen atoms in total. The molecule has 1 aliphatic rings. The smallest absolute Gasteiger partial charge is 0.310 e. The first-order chi connectivity index (χ1) is 16.9. The van der Waals surface area contributed by atoms with Crippen molar-refractivity contribution >= 4 is 32.8 Å². The van der Waals surface area contributed by atoms with E-state index in [4.69, 9.17) is 14.6 Å². The number of likely N-dealkylation sites (tertiary alicyclic amines) is 1. The van der Waals surface area contributed by atoms with Crippen molar-refractivity contribution in [3.05, 3.63) is 58.2 Å². The lowest BCUT2D eigenvalue weighted by Crippen LogP contribution is -2.36. The van der Waals surface area contributed by atoms with Gasteiger partial charge in [0, 0.05) is 28.5 Å². The molecule has 1 aliphatic heterocycles. The quantitative estimate of drug-likeness (QED) is 0.287. The highest BCUT2D eigenvalue weighted by molar-refractivity contribution is 9.10. The lowest BCUT2D eigenvalue weighted by atomic mass is 10.0. The minimum absolute atomic E-state index is 0.199. The Morgan fingerprint density at radius 3 is 2.69 bits per heavy atom. The summed E-state index contributed by atoms with van der Waals surface area (Å²) in [5, 5.41) is 6.11. The topological polar surface area (TPSA) is 56.6 Å². The Morgan fingerprint density at radius 2 is 1.94 bits per heavy atom. The Morgan fingerprint density at radius 1 is 1.17 bits per heavy atom. The Balaban J connectivity index is 1.54. The molecule has 0 saturated carbocycles. The van der Waals surface area contributed by atoms with Gasteiger partial charge < -0.3 is 14.4 Å². The summed E-state index contributed by atoms with van der Waals surface area (Å²) in [5.41, 5.74) is 2.89. The van der Waals surface area contributed by atoms with E-state index in [0.717, 1.165) is 58.5 Å². The van der Waals surface area contributed by atoms with Gasteiger partial charge >= 0.3 is 5.97 Å². The Labute approximate surface area is 216 Å². The molecule has 188 valence electrons. The second-order valence-corrected chi connectivity index (χ2v) is 10.6. The number of hydrogen-bond donors (Lipinski definition) is 0. The largest absolute Gasteiger partial charge is 0.487 e. The molecule has 0 aliphatic carbocycles. The fourth-order valence-electron chi connectivity index (χ4n) is 4.70. The van der Waals surface area contributed by atoms with Gasteiger partial charge in [0.15, 0.2) is 0 Å². The lowest BCUT2D eigenvalue weighted by Gasteiger charge is -2.33. The molecule has 0 spiro atoms. The summed E-state index contributed by atoms with van der Waals surface area (Å²) in [4.78, 5) is 14.7. The molecule has 3 aromatic rings. The van der Waals surface area contributed by atoms with Gasteiger partial charge in [-0.05, 0) is 62.9 Å². The number of benzene rings is 2. The highest BCUT2D eigenvalue weighted by Gasteiger charge is 2.25. The molecule has 7 heteroatoms. The molecule has 4 rings (SSSR count). The van der Waals surface area contributed by atoms with Crippen molar-refractivity contribution < 1.29 is 14.3 Å². The summed E-state index contributed by atoms with van der Waals surface area (Å²) in [5.74, 6) is 1.20. The molecular weight excluding hydrogens is 506 g/mol. The maximum absolute atomic E-state index is 12.1. The average Bonchev–Trinajstić information content (AvgIpc) is 3.20. The van der Waals surface area contributed by atoms with E-state index >= 15 is 0 Å². The number of fused-ring (bicyclic) bond motifs is 1. The van der Waals surface area contributed by atoms with Gasteiger partial charge in [0.2, 0.25) is 0 Å². The maximum atomic E-state index is 12.1. The van der Waals surface area contributed by atoms with Gasteiger partial charge in [0.25, 0.3) is 0 Å². The second-order valence-electron chi connectivity index (χ2n) is 9.69. The standard InChI is InChI=1S/C28H36BrN3O3/c1-4-34-28(33)17-21-7-5-6-8-27(21)35-19-26-24-18-22(29)9-10-25(24)30-32(26)23-12-15-31(16-13-23)14-11-20(2)3/h5-10,18,20,23H,4,11-17,19H2,1-3H3. The van der Waals surface area contributed by atoms with Crippen molar-refractivity contribution in [1.29, 1.82) is 0 Å². The summed E-state index contributed by atoms with van der Waals surface area (Å²) < 4.78 is 14.7. The summed E-state index contributed by atoms with van der Waals surface area (Å²) >= 11 is 3.62.